The van der Waals surface area contributed by atoms with Crippen molar-refractivity contribution < 1.29 is 0 Å². The van der Waals surface area contributed by atoms with Crippen LogP contribution >= 0.6 is 42.9 Å². The Labute approximate surface area is 80.3 Å². The van der Waals surface area contributed by atoms with Gasteiger partial charge in [0, 0.05) is 10.7 Å². The van der Waals surface area contributed by atoms with Crippen LogP contribution in [0, 0.1) is 0 Å². The van der Waals surface area contributed by atoms with Crippen molar-refractivity contribution in [2.45, 2.75) is 19.6 Å². The van der Waals surface area contributed by atoms with Gasteiger partial charge in [-0.3, -0.25) is 0 Å². The standard InChI is InChI=1S/C3H9ClSi.C2H4Br2/c1-5(2,3)4;3-1-2-4/h1-3H3;1-2H2. The van der Waals surface area contributed by atoms with Crippen LogP contribution in [0.2, 0.25) is 19.6 Å². The highest BCUT2D eigenvalue weighted by atomic mass is 79.9. The van der Waals surface area contributed by atoms with E-state index in [0.29, 0.717) is 0 Å². The third-order valence-corrected chi connectivity index (χ3v) is 1.93. The first-order chi connectivity index (χ1) is 3.91. The minimum Gasteiger partial charge on any atom is -0.168 e. The molecule has 0 aromatic carbocycles. The fourth-order valence-corrected chi connectivity index (χ4v) is 0. The average molecular weight is 297 g/mol. The van der Waals surface area contributed by atoms with Gasteiger partial charge in [-0.05, 0) is 0 Å². The number of hydrogen-bond acceptors (Lipinski definition) is 0. The molecule has 9 heavy (non-hydrogen) atoms. The van der Waals surface area contributed by atoms with Crippen LogP contribution in [0.4, 0.5) is 0 Å². The summed E-state index contributed by atoms with van der Waals surface area (Å²) in [5.41, 5.74) is 0. The van der Waals surface area contributed by atoms with Crippen LogP contribution in [0.15, 0.2) is 0 Å². The molecule has 0 spiro atoms. The summed E-state index contributed by atoms with van der Waals surface area (Å²) in [4.78, 5) is 0. The molecular weight excluding hydrogens is 283 g/mol. The Balaban J connectivity index is 0. The molecule has 0 saturated heterocycles. The van der Waals surface area contributed by atoms with Crippen molar-refractivity contribution in [2.75, 3.05) is 10.7 Å². The second kappa shape index (κ2) is 7.57. The van der Waals surface area contributed by atoms with Crippen LogP contribution in [-0.2, 0) is 0 Å². The third-order valence-electron chi connectivity index (χ3n) is 0.0714. The topological polar surface area (TPSA) is 0 Å². The van der Waals surface area contributed by atoms with Crippen LogP contribution in [0.3, 0.4) is 0 Å². The second-order valence-electron chi connectivity index (χ2n) is 2.44. The zero-order chi connectivity index (χ0) is 7.91. The molecule has 4 heteroatoms. The van der Waals surface area contributed by atoms with Crippen LogP contribution in [-0.4, -0.2) is 18.0 Å². The first-order valence-corrected chi connectivity index (χ1v) is 9.48. The molecule has 0 fully saturated rings. The molecule has 58 valence electrons. The molecule has 0 unspecified atom stereocenters. The Kier molecular flexibility index (Phi) is 11.0. The summed E-state index contributed by atoms with van der Waals surface area (Å²) in [6.45, 7) is 6.28. The zero-order valence-electron chi connectivity index (χ0n) is 6.05. The SMILES string of the molecule is BrCCBr.C[Si](C)(C)Cl. The molecule has 0 N–H and O–H groups in total. The maximum atomic E-state index is 5.67. The highest BCUT2D eigenvalue weighted by Gasteiger charge is 2.04. The maximum absolute atomic E-state index is 5.67. The van der Waals surface area contributed by atoms with Gasteiger partial charge in [-0.1, -0.05) is 51.5 Å². The number of halogens is 3. The van der Waals surface area contributed by atoms with E-state index in [-0.39, 0.29) is 0 Å². The van der Waals surface area contributed by atoms with Crippen molar-refractivity contribution in [1.82, 2.24) is 0 Å². The summed E-state index contributed by atoms with van der Waals surface area (Å²) < 4.78 is 0. The summed E-state index contributed by atoms with van der Waals surface area (Å²) in [6, 6.07) is 0. The summed E-state index contributed by atoms with van der Waals surface area (Å²) in [5.74, 6) is 0. The van der Waals surface area contributed by atoms with E-state index in [9.17, 15) is 0 Å². The summed E-state index contributed by atoms with van der Waals surface area (Å²) in [5, 5.41) is 2.10. The summed E-state index contributed by atoms with van der Waals surface area (Å²) in [7, 11) is -1.14. The lowest BCUT2D eigenvalue weighted by atomic mass is 11.0. The molecule has 0 bridgehead atoms. The van der Waals surface area contributed by atoms with E-state index < -0.39 is 7.38 Å². The number of rotatable bonds is 1. The van der Waals surface area contributed by atoms with Gasteiger partial charge in [0.15, 0.2) is 0 Å². The first kappa shape index (κ1) is 13.1. The smallest absolute Gasteiger partial charge is 0.147 e. The average Bonchev–Trinajstić information content (AvgIpc) is 1.61. The van der Waals surface area contributed by atoms with Crippen molar-refractivity contribution in [3.63, 3.8) is 0 Å². The van der Waals surface area contributed by atoms with E-state index in [1.165, 1.54) is 0 Å². The van der Waals surface area contributed by atoms with Crippen LogP contribution in [0.25, 0.3) is 0 Å². The first-order valence-electron chi connectivity index (χ1n) is 2.72. The quantitative estimate of drug-likeness (QED) is 0.392. The summed E-state index contributed by atoms with van der Waals surface area (Å²) >= 11 is 12.1. The molecule has 0 atom stereocenters. The van der Waals surface area contributed by atoms with Gasteiger partial charge in [0.05, 0.1) is 0 Å². The van der Waals surface area contributed by atoms with E-state index in [2.05, 4.69) is 51.5 Å². The van der Waals surface area contributed by atoms with Gasteiger partial charge < -0.3 is 0 Å². The van der Waals surface area contributed by atoms with Crippen molar-refractivity contribution in [3.8, 4) is 0 Å². The molecule has 0 nitrogen and oxygen atoms in total. The normalized spacial score (nSPS) is 10.0. The molecule has 0 radical (unpaired) electrons. The van der Waals surface area contributed by atoms with Gasteiger partial charge >= 0.3 is 0 Å². The fourth-order valence-electron chi connectivity index (χ4n) is 0. The van der Waals surface area contributed by atoms with E-state index in [0.717, 1.165) is 10.7 Å². The molecule has 0 aliphatic heterocycles. The third kappa shape index (κ3) is 86.7. The van der Waals surface area contributed by atoms with Gasteiger partial charge in [0.2, 0.25) is 0 Å². The van der Waals surface area contributed by atoms with Gasteiger partial charge in [-0.15, -0.1) is 0 Å². The van der Waals surface area contributed by atoms with Crippen LogP contribution in [0.5, 0.6) is 0 Å². The Morgan fingerprint density at radius 1 is 1.11 bits per heavy atom. The molecular formula is C5H13Br2ClSi. The number of alkyl halides is 2. The van der Waals surface area contributed by atoms with Gasteiger partial charge in [-0.2, -0.15) is 11.1 Å². The largest absolute Gasteiger partial charge is 0.168 e. The predicted molar refractivity (Wildman–Crippen MR) is 56.8 cm³/mol. The second-order valence-corrected chi connectivity index (χ2v) is 11.6. The fraction of sp³-hybridized carbons (Fsp3) is 1.00. The van der Waals surface area contributed by atoms with Gasteiger partial charge in [-0.25, -0.2) is 0 Å². The summed E-state index contributed by atoms with van der Waals surface area (Å²) in [6.07, 6.45) is 0. The van der Waals surface area contributed by atoms with E-state index in [1.807, 2.05) is 0 Å². The maximum Gasteiger partial charge on any atom is 0.147 e. The predicted octanol–water partition coefficient (Wildman–Crippen LogP) is 3.84. The van der Waals surface area contributed by atoms with E-state index in [4.69, 9.17) is 11.1 Å². The molecule has 0 aromatic rings. The van der Waals surface area contributed by atoms with E-state index >= 15 is 0 Å². The van der Waals surface area contributed by atoms with Crippen molar-refractivity contribution >= 4 is 50.3 Å². The minimum absolute atomic E-state index is 1.05. The minimum atomic E-state index is -1.14. The van der Waals surface area contributed by atoms with Gasteiger partial charge in [0.25, 0.3) is 0 Å². The lowest BCUT2D eigenvalue weighted by molar-refractivity contribution is 1.62. The zero-order valence-corrected chi connectivity index (χ0v) is 11.0. The monoisotopic (exact) mass is 294 g/mol. The van der Waals surface area contributed by atoms with Crippen LogP contribution in [0.1, 0.15) is 0 Å². The molecule has 0 aromatic heterocycles. The highest BCUT2D eigenvalue weighted by Crippen LogP contribution is 2.03. The Morgan fingerprint density at radius 2 is 1.22 bits per heavy atom. The Bertz CT molecular complexity index is 45.4. The van der Waals surface area contributed by atoms with Crippen molar-refractivity contribution in [3.05, 3.63) is 0 Å². The van der Waals surface area contributed by atoms with Crippen molar-refractivity contribution in [2.24, 2.45) is 0 Å². The van der Waals surface area contributed by atoms with Gasteiger partial charge in [0.1, 0.15) is 7.38 Å². The molecule has 0 aliphatic rings. The number of hydrogen-bond donors (Lipinski definition) is 0. The van der Waals surface area contributed by atoms with Crippen molar-refractivity contribution in [1.29, 1.82) is 0 Å². The highest BCUT2D eigenvalue weighted by molar-refractivity contribution is 9.11. The Morgan fingerprint density at radius 3 is 1.22 bits per heavy atom. The molecule has 0 rings (SSSR count). The molecule has 0 heterocycles. The Hall–Kier alpha value is 1.47. The molecule has 0 saturated carbocycles. The lowest BCUT2D eigenvalue weighted by Crippen LogP contribution is -2.06. The van der Waals surface area contributed by atoms with Crippen LogP contribution < -0.4 is 0 Å². The molecule has 0 aliphatic carbocycles. The lowest BCUT2D eigenvalue weighted by Gasteiger charge is -1.97. The van der Waals surface area contributed by atoms with E-state index in [1.54, 1.807) is 0 Å². The molecule has 0 amide bonds.